The highest BCUT2D eigenvalue weighted by molar-refractivity contribution is 5.79. The predicted octanol–water partition coefficient (Wildman–Crippen LogP) is 2.64. The molecule has 1 amide bonds. The molecule has 2 atom stereocenters. The summed E-state index contributed by atoms with van der Waals surface area (Å²) in [5.74, 6) is 0.462. The lowest BCUT2D eigenvalue weighted by atomic mass is 10.1. The summed E-state index contributed by atoms with van der Waals surface area (Å²) in [5, 5.41) is 12.7. The van der Waals surface area contributed by atoms with Gasteiger partial charge < -0.3 is 15.2 Å². The van der Waals surface area contributed by atoms with Crippen LogP contribution in [0.4, 0.5) is 0 Å². The zero-order valence-electron chi connectivity index (χ0n) is 13.1. The highest BCUT2D eigenvalue weighted by Crippen LogP contribution is 2.26. The second-order valence-electron chi connectivity index (χ2n) is 6.64. The number of para-hydroxylation sites is 1. The van der Waals surface area contributed by atoms with Gasteiger partial charge in [-0.1, -0.05) is 18.2 Å². The number of carbonyl (C=O) groups excluding carboxylic acids is 1. The second-order valence-corrected chi connectivity index (χ2v) is 6.64. The maximum atomic E-state index is 12.1. The van der Waals surface area contributed by atoms with Crippen molar-refractivity contribution in [2.45, 2.75) is 58.3 Å². The lowest BCUT2D eigenvalue weighted by Crippen LogP contribution is -2.34. The fourth-order valence-corrected chi connectivity index (χ4v) is 2.64. The number of aliphatic hydroxyl groups is 1. The monoisotopic (exact) mass is 291 g/mol. The van der Waals surface area contributed by atoms with Crippen LogP contribution in [0.1, 0.15) is 45.6 Å². The fraction of sp³-hybridized carbons (Fsp3) is 0.588. The van der Waals surface area contributed by atoms with Gasteiger partial charge in [0.15, 0.2) is 0 Å². The second kappa shape index (κ2) is 6.48. The third-order valence-corrected chi connectivity index (χ3v) is 3.66. The maximum Gasteiger partial charge on any atom is 0.225 e. The summed E-state index contributed by atoms with van der Waals surface area (Å²) < 4.78 is 5.91. The fourth-order valence-electron chi connectivity index (χ4n) is 2.64. The number of amides is 1. The molecule has 1 aliphatic carbocycles. The Morgan fingerprint density at radius 2 is 2.05 bits per heavy atom. The van der Waals surface area contributed by atoms with Gasteiger partial charge in [-0.2, -0.15) is 0 Å². The summed E-state index contributed by atoms with van der Waals surface area (Å²) in [6, 6.07) is 7.72. The average Bonchev–Trinajstić information content (AvgIpc) is 2.82. The first-order chi connectivity index (χ1) is 9.87. The van der Waals surface area contributed by atoms with E-state index in [1.165, 1.54) is 0 Å². The summed E-state index contributed by atoms with van der Waals surface area (Å²) in [6.45, 7) is 6.42. The summed E-state index contributed by atoms with van der Waals surface area (Å²) in [5.41, 5.74) is 0.676. The minimum atomic E-state index is -0.494. The van der Waals surface area contributed by atoms with E-state index in [-0.39, 0.29) is 17.4 Å². The van der Waals surface area contributed by atoms with Crippen LogP contribution in [0.5, 0.6) is 5.75 Å². The van der Waals surface area contributed by atoms with Gasteiger partial charge in [-0.25, -0.2) is 0 Å². The number of aliphatic hydroxyl groups excluding tert-OH is 1. The molecule has 1 aromatic rings. The van der Waals surface area contributed by atoms with E-state index in [9.17, 15) is 9.90 Å². The van der Waals surface area contributed by atoms with Gasteiger partial charge in [-0.15, -0.1) is 0 Å². The number of rotatable bonds is 4. The molecule has 1 aliphatic rings. The zero-order chi connectivity index (χ0) is 15.5. The van der Waals surface area contributed by atoms with Crippen LogP contribution >= 0.6 is 0 Å². The summed E-state index contributed by atoms with van der Waals surface area (Å²) in [7, 11) is 0. The van der Waals surface area contributed by atoms with E-state index in [0.29, 0.717) is 6.54 Å². The van der Waals surface area contributed by atoms with Crippen LogP contribution in [0, 0.1) is 5.92 Å². The molecule has 0 bridgehead atoms. The van der Waals surface area contributed by atoms with E-state index in [1.54, 1.807) is 0 Å². The molecule has 1 fully saturated rings. The van der Waals surface area contributed by atoms with Gasteiger partial charge in [0, 0.05) is 12.1 Å². The van der Waals surface area contributed by atoms with Gasteiger partial charge >= 0.3 is 0 Å². The highest BCUT2D eigenvalue weighted by atomic mass is 16.5. The normalized spacial score (nSPS) is 22.1. The standard InChI is InChI=1S/C17H25NO3/c1-17(2,3)21-15-10-5-4-7-12(15)11-18-16(20)13-8-6-9-14(13)19/h4-5,7,10,13-14,19H,6,8-9,11H2,1-3H3,(H,18,20). The minimum absolute atomic E-state index is 0.0643. The Balaban J connectivity index is 1.98. The lowest BCUT2D eigenvalue weighted by molar-refractivity contribution is -0.127. The van der Waals surface area contributed by atoms with Crippen molar-refractivity contribution in [3.05, 3.63) is 29.8 Å². The van der Waals surface area contributed by atoms with Crippen molar-refractivity contribution in [2.75, 3.05) is 0 Å². The van der Waals surface area contributed by atoms with Crippen LogP contribution < -0.4 is 10.1 Å². The van der Waals surface area contributed by atoms with Crippen molar-refractivity contribution in [3.8, 4) is 5.75 Å². The number of hydrogen-bond acceptors (Lipinski definition) is 3. The van der Waals surface area contributed by atoms with Crippen LogP contribution in [-0.2, 0) is 11.3 Å². The van der Waals surface area contributed by atoms with E-state index in [0.717, 1.165) is 30.6 Å². The Kier molecular flexibility index (Phi) is 4.88. The summed E-state index contributed by atoms with van der Waals surface area (Å²) in [6.07, 6.45) is 1.92. The van der Waals surface area contributed by atoms with Crippen LogP contribution in [0.15, 0.2) is 24.3 Å². The molecule has 1 aromatic carbocycles. The molecule has 4 nitrogen and oxygen atoms in total. The Bertz CT molecular complexity index is 493. The van der Waals surface area contributed by atoms with Crippen molar-refractivity contribution in [3.63, 3.8) is 0 Å². The molecule has 21 heavy (non-hydrogen) atoms. The molecule has 0 spiro atoms. The highest BCUT2D eigenvalue weighted by Gasteiger charge is 2.31. The molecule has 4 heteroatoms. The Morgan fingerprint density at radius 3 is 2.67 bits per heavy atom. The molecule has 0 saturated heterocycles. The van der Waals surface area contributed by atoms with Gasteiger partial charge in [0.25, 0.3) is 0 Å². The first-order valence-corrected chi connectivity index (χ1v) is 7.59. The van der Waals surface area contributed by atoms with Crippen LogP contribution in [0.25, 0.3) is 0 Å². The molecule has 0 aliphatic heterocycles. The van der Waals surface area contributed by atoms with E-state index in [4.69, 9.17) is 4.74 Å². The summed E-state index contributed by atoms with van der Waals surface area (Å²) >= 11 is 0. The number of nitrogens with one attached hydrogen (secondary N) is 1. The molecule has 2 unspecified atom stereocenters. The van der Waals surface area contributed by atoms with Gasteiger partial charge in [0.05, 0.1) is 12.0 Å². The third-order valence-electron chi connectivity index (χ3n) is 3.66. The predicted molar refractivity (Wildman–Crippen MR) is 82.0 cm³/mol. The van der Waals surface area contributed by atoms with Crippen LogP contribution in [-0.4, -0.2) is 22.7 Å². The van der Waals surface area contributed by atoms with Crippen LogP contribution in [0.3, 0.4) is 0 Å². The SMILES string of the molecule is CC(C)(C)Oc1ccccc1CNC(=O)C1CCCC1O. The molecule has 2 N–H and O–H groups in total. The van der Waals surface area contributed by atoms with Gasteiger partial charge in [0.2, 0.25) is 5.91 Å². The number of benzene rings is 1. The molecule has 0 radical (unpaired) electrons. The molecular formula is C17H25NO3. The van der Waals surface area contributed by atoms with E-state index < -0.39 is 6.10 Å². The molecule has 1 saturated carbocycles. The number of carbonyl (C=O) groups is 1. The third kappa shape index (κ3) is 4.46. The van der Waals surface area contributed by atoms with Gasteiger partial charge in [-0.3, -0.25) is 4.79 Å². The maximum absolute atomic E-state index is 12.1. The molecule has 0 aromatic heterocycles. The largest absolute Gasteiger partial charge is 0.488 e. The first-order valence-electron chi connectivity index (χ1n) is 7.59. The lowest BCUT2D eigenvalue weighted by Gasteiger charge is -2.23. The smallest absolute Gasteiger partial charge is 0.225 e. The average molecular weight is 291 g/mol. The summed E-state index contributed by atoms with van der Waals surface area (Å²) in [4.78, 5) is 12.1. The van der Waals surface area contributed by atoms with Gasteiger partial charge in [-0.05, 0) is 46.1 Å². The Labute approximate surface area is 126 Å². The Morgan fingerprint density at radius 1 is 1.33 bits per heavy atom. The number of ether oxygens (including phenoxy) is 1. The van der Waals surface area contributed by atoms with Crippen molar-refractivity contribution in [1.82, 2.24) is 5.32 Å². The molecular weight excluding hydrogens is 266 g/mol. The van der Waals surface area contributed by atoms with E-state index >= 15 is 0 Å². The van der Waals surface area contributed by atoms with Gasteiger partial charge in [0.1, 0.15) is 11.4 Å². The minimum Gasteiger partial charge on any atom is -0.488 e. The quantitative estimate of drug-likeness (QED) is 0.896. The Hall–Kier alpha value is -1.55. The van der Waals surface area contributed by atoms with Crippen molar-refractivity contribution < 1.29 is 14.6 Å². The van der Waals surface area contributed by atoms with E-state index in [2.05, 4.69) is 5.32 Å². The van der Waals surface area contributed by atoms with Crippen LogP contribution in [0.2, 0.25) is 0 Å². The van der Waals surface area contributed by atoms with Crippen molar-refractivity contribution in [2.24, 2.45) is 5.92 Å². The zero-order valence-corrected chi connectivity index (χ0v) is 13.1. The van der Waals surface area contributed by atoms with Crippen molar-refractivity contribution >= 4 is 5.91 Å². The van der Waals surface area contributed by atoms with Crippen molar-refractivity contribution in [1.29, 1.82) is 0 Å². The number of hydrogen-bond donors (Lipinski definition) is 2. The molecule has 0 heterocycles. The topological polar surface area (TPSA) is 58.6 Å². The molecule has 116 valence electrons. The van der Waals surface area contributed by atoms with E-state index in [1.807, 2.05) is 45.0 Å². The first kappa shape index (κ1) is 15.8. The molecule has 2 rings (SSSR count).